The summed E-state index contributed by atoms with van der Waals surface area (Å²) in [4.78, 5) is 0. The Morgan fingerprint density at radius 2 is 2.05 bits per heavy atom. The third kappa shape index (κ3) is 3.85. The van der Waals surface area contributed by atoms with E-state index in [-0.39, 0.29) is 6.04 Å². The summed E-state index contributed by atoms with van der Waals surface area (Å²) in [7, 11) is 1.68. The first-order valence-electron chi connectivity index (χ1n) is 6.46. The van der Waals surface area contributed by atoms with Crippen LogP contribution in [0.5, 0.6) is 5.75 Å². The molecule has 0 radical (unpaired) electrons. The summed E-state index contributed by atoms with van der Waals surface area (Å²) in [5.41, 5.74) is 2.52. The Hall–Kier alpha value is -0.360. The molecule has 2 nitrogen and oxygen atoms in total. The molecule has 0 saturated heterocycles. The Morgan fingerprint density at radius 1 is 1.25 bits per heavy atom. The van der Waals surface area contributed by atoms with Crippen LogP contribution in [0.4, 0.5) is 0 Å². The van der Waals surface area contributed by atoms with Gasteiger partial charge < -0.3 is 10.1 Å². The van der Waals surface area contributed by atoms with Crippen LogP contribution < -0.4 is 10.1 Å². The van der Waals surface area contributed by atoms with Gasteiger partial charge in [-0.2, -0.15) is 0 Å². The molecule has 1 aromatic carbocycles. The number of benzene rings is 1. The van der Waals surface area contributed by atoms with Crippen molar-refractivity contribution in [1.29, 1.82) is 0 Å². The van der Waals surface area contributed by atoms with Crippen LogP contribution in [0.1, 0.15) is 30.5 Å². The number of methoxy groups -OCH3 is 1. The number of halogens is 2. The summed E-state index contributed by atoms with van der Waals surface area (Å²) in [6.07, 6.45) is 1.11. The van der Waals surface area contributed by atoms with E-state index in [0.29, 0.717) is 0 Å². The van der Waals surface area contributed by atoms with Crippen molar-refractivity contribution in [3.8, 4) is 5.75 Å². The molecule has 0 amide bonds. The van der Waals surface area contributed by atoms with Gasteiger partial charge in [0.05, 0.1) is 21.4 Å². The predicted octanol–water partition coefficient (Wildman–Crippen LogP) is 5.37. The lowest BCUT2D eigenvalue weighted by Gasteiger charge is -2.19. The smallest absolute Gasteiger partial charge is 0.133 e. The van der Waals surface area contributed by atoms with Gasteiger partial charge in [-0.3, -0.25) is 0 Å². The van der Waals surface area contributed by atoms with E-state index >= 15 is 0 Å². The van der Waals surface area contributed by atoms with E-state index in [2.05, 4.69) is 67.7 Å². The van der Waals surface area contributed by atoms with Crippen molar-refractivity contribution in [3.63, 3.8) is 0 Å². The van der Waals surface area contributed by atoms with E-state index in [1.54, 1.807) is 18.4 Å². The van der Waals surface area contributed by atoms with Gasteiger partial charge in [0, 0.05) is 0 Å². The first-order valence-corrected chi connectivity index (χ1v) is 8.93. The Morgan fingerprint density at radius 3 is 2.60 bits per heavy atom. The second-order valence-corrected chi connectivity index (χ2v) is 7.61. The lowest BCUT2D eigenvalue weighted by Crippen LogP contribution is -2.22. The van der Waals surface area contributed by atoms with E-state index in [1.165, 1.54) is 11.1 Å². The third-order valence-electron chi connectivity index (χ3n) is 3.03. The van der Waals surface area contributed by atoms with Crippen molar-refractivity contribution < 1.29 is 4.74 Å². The first kappa shape index (κ1) is 16.0. The maximum atomic E-state index is 5.30. The molecule has 0 bridgehead atoms. The average Bonchev–Trinajstić information content (AvgIpc) is 2.86. The quantitative estimate of drug-likeness (QED) is 0.680. The average molecular weight is 419 g/mol. The van der Waals surface area contributed by atoms with Gasteiger partial charge in [-0.1, -0.05) is 13.0 Å². The predicted molar refractivity (Wildman–Crippen MR) is 92.8 cm³/mol. The standard InChI is InChI=1S/C15H17Br2NOS/c1-3-6-18-15(11-8-14(17)20-9-11)10-4-5-13(19-2)12(16)7-10/h4-5,7-9,15,18H,3,6H2,1-2H3. The minimum atomic E-state index is 0.208. The van der Waals surface area contributed by atoms with Gasteiger partial charge in [-0.15, -0.1) is 11.3 Å². The zero-order valence-corrected chi connectivity index (χ0v) is 15.4. The van der Waals surface area contributed by atoms with Crippen molar-refractivity contribution >= 4 is 43.2 Å². The molecule has 0 aliphatic rings. The maximum absolute atomic E-state index is 5.30. The number of hydrogen-bond acceptors (Lipinski definition) is 3. The topological polar surface area (TPSA) is 21.3 Å². The molecule has 108 valence electrons. The fourth-order valence-electron chi connectivity index (χ4n) is 2.05. The second kappa shape index (κ2) is 7.59. The highest BCUT2D eigenvalue weighted by Crippen LogP contribution is 2.33. The molecule has 2 rings (SSSR count). The number of thiophene rings is 1. The number of rotatable bonds is 6. The Bertz CT molecular complexity index is 571. The molecular formula is C15H17Br2NOS. The van der Waals surface area contributed by atoms with Crippen molar-refractivity contribution in [2.24, 2.45) is 0 Å². The molecule has 1 N–H and O–H groups in total. The van der Waals surface area contributed by atoms with Crippen LogP contribution in [0.15, 0.2) is 37.9 Å². The number of hydrogen-bond donors (Lipinski definition) is 1. The zero-order chi connectivity index (χ0) is 14.5. The maximum Gasteiger partial charge on any atom is 0.133 e. The highest BCUT2D eigenvalue weighted by molar-refractivity contribution is 9.11. The monoisotopic (exact) mass is 417 g/mol. The molecule has 0 saturated carbocycles. The summed E-state index contributed by atoms with van der Waals surface area (Å²) in [5, 5.41) is 5.79. The molecule has 0 aliphatic carbocycles. The van der Waals surface area contributed by atoms with E-state index in [1.807, 2.05) is 6.07 Å². The molecule has 0 aliphatic heterocycles. The summed E-state index contributed by atoms with van der Waals surface area (Å²) in [6.45, 7) is 3.17. The molecule has 1 heterocycles. The summed E-state index contributed by atoms with van der Waals surface area (Å²) < 4.78 is 7.44. The van der Waals surface area contributed by atoms with Gasteiger partial charge in [-0.25, -0.2) is 0 Å². The first-order chi connectivity index (χ1) is 9.65. The van der Waals surface area contributed by atoms with Gasteiger partial charge in [-0.05, 0) is 79.5 Å². The molecule has 20 heavy (non-hydrogen) atoms. The molecular weight excluding hydrogens is 402 g/mol. The normalized spacial score (nSPS) is 12.4. The molecule has 1 aromatic heterocycles. The minimum Gasteiger partial charge on any atom is -0.496 e. The van der Waals surface area contributed by atoms with E-state index in [9.17, 15) is 0 Å². The van der Waals surface area contributed by atoms with Gasteiger partial charge in [0.2, 0.25) is 0 Å². The van der Waals surface area contributed by atoms with E-state index in [4.69, 9.17) is 4.74 Å². The van der Waals surface area contributed by atoms with Gasteiger partial charge in [0.15, 0.2) is 0 Å². The molecule has 1 unspecified atom stereocenters. The zero-order valence-electron chi connectivity index (χ0n) is 11.5. The lowest BCUT2D eigenvalue weighted by molar-refractivity contribution is 0.411. The summed E-state index contributed by atoms with van der Waals surface area (Å²) in [5.74, 6) is 0.856. The number of nitrogens with one attached hydrogen (secondary N) is 1. The van der Waals surface area contributed by atoms with Crippen molar-refractivity contribution in [1.82, 2.24) is 5.32 Å². The van der Waals surface area contributed by atoms with Crippen molar-refractivity contribution in [3.05, 3.63) is 49.0 Å². The Balaban J connectivity index is 2.33. The van der Waals surface area contributed by atoms with Crippen molar-refractivity contribution in [2.75, 3.05) is 13.7 Å². The van der Waals surface area contributed by atoms with Gasteiger partial charge in [0.1, 0.15) is 5.75 Å². The summed E-state index contributed by atoms with van der Waals surface area (Å²) >= 11 is 8.82. The van der Waals surface area contributed by atoms with Crippen LogP contribution in [-0.2, 0) is 0 Å². The fourth-order valence-corrected chi connectivity index (χ4v) is 3.81. The van der Waals surface area contributed by atoms with Crippen LogP contribution in [-0.4, -0.2) is 13.7 Å². The second-order valence-electron chi connectivity index (χ2n) is 4.47. The molecule has 5 heteroatoms. The fraction of sp³-hybridized carbons (Fsp3) is 0.333. The highest BCUT2D eigenvalue weighted by atomic mass is 79.9. The van der Waals surface area contributed by atoms with Crippen LogP contribution in [0.3, 0.4) is 0 Å². The molecule has 0 spiro atoms. The molecule has 1 atom stereocenters. The Labute approximate surface area is 140 Å². The van der Waals surface area contributed by atoms with E-state index < -0.39 is 0 Å². The van der Waals surface area contributed by atoms with E-state index in [0.717, 1.165) is 27.0 Å². The lowest BCUT2D eigenvalue weighted by atomic mass is 10.0. The molecule has 2 aromatic rings. The third-order valence-corrected chi connectivity index (χ3v) is 5.17. The van der Waals surface area contributed by atoms with Crippen LogP contribution in [0.25, 0.3) is 0 Å². The van der Waals surface area contributed by atoms with Crippen LogP contribution in [0.2, 0.25) is 0 Å². The highest BCUT2D eigenvalue weighted by Gasteiger charge is 2.16. The summed E-state index contributed by atoms with van der Waals surface area (Å²) in [6, 6.07) is 8.62. The Kier molecular flexibility index (Phi) is 6.08. The number of ether oxygens (including phenoxy) is 1. The van der Waals surface area contributed by atoms with Crippen LogP contribution >= 0.6 is 43.2 Å². The minimum absolute atomic E-state index is 0.208. The van der Waals surface area contributed by atoms with Crippen molar-refractivity contribution in [2.45, 2.75) is 19.4 Å². The van der Waals surface area contributed by atoms with Gasteiger partial charge in [0.25, 0.3) is 0 Å². The molecule has 0 fully saturated rings. The van der Waals surface area contributed by atoms with Crippen LogP contribution in [0, 0.1) is 0 Å². The van der Waals surface area contributed by atoms with Gasteiger partial charge >= 0.3 is 0 Å². The SMILES string of the molecule is CCCNC(c1csc(Br)c1)c1ccc(OC)c(Br)c1. The largest absolute Gasteiger partial charge is 0.496 e.